The highest BCUT2D eigenvalue weighted by molar-refractivity contribution is 14.2. The molecule has 1 unspecified atom stereocenters. The minimum absolute atomic E-state index is 0.563. The topological polar surface area (TPSA) is 47.6 Å². The van der Waals surface area contributed by atoms with Gasteiger partial charge in [0.2, 0.25) is 0 Å². The molecular weight excluding hydrogens is 774 g/mol. The van der Waals surface area contributed by atoms with Crippen molar-refractivity contribution in [2.45, 2.75) is 291 Å². The minimum atomic E-state index is 0.563. The molecule has 0 aromatic heterocycles. The van der Waals surface area contributed by atoms with Crippen molar-refractivity contribution in [2.24, 2.45) is 21.7 Å². The van der Waals surface area contributed by atoms with Gasteiger partial charge in [0.25, 0.3) is 0 Å². The average Bonchev–Trinajstić information content (AvgIpc) is 3.12. The summed E-state index contributed by atoms with van der Waals surface area (Å²) in [5.41, 5.74) is 2.31. The van der Waals surface area contributed by atoms with E-state index in [-0.39, 0.29) is 0 Å². The van der Waals surface area contributed by atoms with Crippen molar-refractivity contribution < 1.29 is 0 Å². The first-order valence-electron chi connectivity index (χ1n) is 23.6. The summed E-state index contributed by atoms with van der Waals surface area (Å²) in [5, 5.41) is 13.5. The van der Waals surface area contributed by atoms with Gasteiger partial charge in [-0.1, -0.05) is 207 Å². The Morgan fingerprint density at radius 2 is 0.755 bits per heavy atom. The molecule has 1 saturated carbocycles. The first-order valence-corrected chi connectivity index (χ1v) is 27.3. The molecule has 53 heavy (non-hydrogen) atoms. The summed E-state index contributed by atoms with van der Waals surface area (Å²) >= 11 is 1.93. The smallest absolute Gasteiger partial charge is 0.0734 e. The van der Waals surface area contributed by atoms with Crippen LogP contribution in [-0.2, 0) is 0 Å². The van der Waals surface area contributed by atoms with Gasteiger partial charge in [-0.25, -0.2) is 0 Å². The lowest BCUT2D eigenvalue weighted by atomic mass is 9.45. The second-order valence-corrected chi connectivity index (χ2v) is 18.0. The van der Waals surface area contributed by atoms with Crippen LogP contribution in [0.3, 0.4) is 0 Å². The van der Waals surface area contributed by atoms with Gasteiger partial charge in [0.05, 0.1) is 12.1 Å². The lowest BCUT2D eigenvalue weighted by molar-refractivity contribution is -0.0984. The number of unbranched alkanes of at least 4 members (excludes halogenated alkanes) is 4. The van der Waals surface area contributed by atoms with Crippen molar-refractivity contribution in [1.29, 1.82) is 10.4 Å². The molecule has 0 heterocycles. The molecule has 0 aromatic carbocycles. The van der Waals surface area contributed by atoms with Gasteiger partial charge >= 0.3 is 0 Å². The first-order chi connectivity index (χ1) is 25.3. The Morgan fingerprint density at radius 3 is 0.981 bits per heavy atom. The molecule has 1 N–H and O–H groups in total. The molecule has 0 aliphatic heterocycles. The van der Waals surface area contributed by atoms with Crippen LogP contribution in [0.2, 0.25) is 0 Å². The van der Waals surface area contributed by atoms with Crippen LogP contribution in [0, 0.1) is 38.2 Å². The van der Waals surface area contributed by atoms with Crippen molar-refractivity contribution in [3.63, 3.8) is 0 Å². The maximum atomic E-state index is 7.32. The molecule has 0 radical (unpaired) electrons. The quantitative estimate of drug-likeness (QED) is 0.102. The maximum absolute atomic E-state index is 7.32. The molecule has 1 aliphatic rings. The Balaban J connectivity index is -0.000000204. The Bertz CT molecular complexity index is 690. The molecule has 0 bridgehead atoms. The Morgan fingerprint density at radius 1 is 0.472 bits per heavy atom. The Labute approximate surface area is 355 Å². The molecule has 1 atom stereocenters. The van der Waals surface area contributed by atoms with Crippen molar-refractivity contribution in [1.82, 2.24) is 0 Å². The van der Waals surface area contributed by atoms with Crippen molar-refractivity contribution in [2.75, 3.05) is 0 Å². The highest BCUT2D eigenvalue weighted by Crippen LogP contribution is 2.66. The third-order valence-electron chi connectivity index (χ3n) is 11.4. The summed E-state index contributed by atoms with van der Waals surface area (Å²) in [6.07, 6.45) is 38.0. The zero-order valence-corrected chi connectivity index (χ0v) is 43.4. The number of rotatable bonds is 19. The number of nitrogens with one attached hydrogen (secondary N) is 1. The summed E-state index contributed by atoms with van der Waals surface area (Å²) in [4.78, 5) is 0. The van der Waals surface area contributed by atoms with Crippen molar-refractivity contribution >= 4 is 28.1 Å². The summed E-state index contributed by atoms with van der Waals surface area (Å²) in [6, 6.07) is 2.39. The van der Waals surface area contributed by atoms with Crippen LogP contribution >= 0.6 is 28.1 Å². The van der Waals surface area contributed by atoms with Crippen LogP contribution in [0.25, 0.3) is 0 Å². The Hall–Kier alpha value is 0.320. The average molecular weight is 881 g/mol. The molecule has 0 amide bonds. The third kappa shape index (κ3) is 33.0. The number of nitrogens with zero attached hydrogens (tertiary/aromatic N) is 1. The number of hydrogen-bond acceptors (Lipinski definition) is 2. The zero-order chi connectivity index (χ0) is 42.5. The zero-order valence-electron chi connectivity index (χ0n) is 40.4. The van der Waals surface area contributed by atoms with E-state index >= 15 is 0 Å². The van der Waals surface area contributed by atoms with Gasteiger partial charge in [0, 0.05) is 29.0 Å². The predicted octanol–water partition coefficient (Wildman–Crippen LogP) is 21.3. The van der Waals surface area contributed by atoms with E-state index in [0.29, 0.717) is 27.7 Å². The molecule has 2 nitrogen and oxygen atoms in total. The highest BCUT2D eigenvalue weighted by Gasteiger charge is 2.55. The largest absolute Gasteiger partial charge is 0.274 e. The van der Waals surface area contributed by atoms with Crippen LogP contribution in [0.1, 0.15) is 291 Å². The monoisotopic (exact) mass is 881 g/mol. The molecule has 1 aliphatic carbocycles. The van der Waals surface area contributed by atoms with Crippen molar-refractivity contribution in [3.05, 3.63) is 0 Å². The predicted molar refractivity (Wildman–Crippen MR) is 260 cm³/mol. The Kier molecular flexibility index (Phi) is 59.6. The third-order valence-corrected chi connectivity index (χ3v) is 11.4. The maximum Gasteiger partial charge on any atom is 0.0734 e. The molecular formula is C49H106IN2P. The van der Waals surface area contributed by atoms with Gasteiger partial charge < -0.3 is 0 Å². The van der Waals surface area contributed by atoms with Gasteiger partial charge in [-0.15, -0.1) is 0 Å². The standard InChI is InChI=1S/C31H62.C5H12.2C4H10.C3H8.C2H3N.HINP/c1-9-17-28(18-10-2)24-25-30(16-8,21-13-5)31(22-14-6,23-15-7)27-29(26-28,19-11-3)20-12-4;1-3-5-4-2;2*1-3-4-2;1-3-2;1-2-3;1-3-2/h9-27H2,1-8H3;3-5H2,1-2H3;2*3-4H2,1-2H3;3H2,1-2H3;1H3;2H. The van der Waals surface area contributed by atoms with E-state index in [0.717, 1.165) is 0 Å². The second kappa shape index (κ2) is 48.5. The van der Waals surface area contributed by atoms with E-state index in [4.69, 9.17) is 10.4 Å². The fourth-order valence-corrected chi connectivity index (χ4v) is 9.51. The van der Waals surface area contributed by atoms with Crippen molar-refractivity contribution in [3.8, 4) is 6.07 Å². The van der Waals surface area contributed by atoms with Crippen LogP contribution in [0.4, 0.5) is 0 Å². The van der Waals surface area contributed by atoms with E-state index in [2.05, 4.69) is 111 Å². The van der Waals surface area contributed by atoms with Gasteiger partial charge in [-0.05, 0) is 98.7 Å². The van der Waals surface area contributed by atoms with E-state index in [1.165, 1.54) is 180 Å². The second-order valence-electron chi connectivity index (χ2n) is 16.4. The van der Waals surface area contributed by atoms with Crippen LogP contribution < -0.4 is 0 Å². The fraction of sp³-hybridized carbons (Fsp3) is 0.980. The minimum Gasteiger partial charge on any atom is -0.274 e. The summed E-state index contributed by atoms with van der Waals surface area (Å²) in [7, 11) is 0. The highest BCUT2D eigenvalue weighted by atomic mass is 127. The van der Waals surface area contributed by atoms with Crippen LogP contribution in [-0.4, -0.2) is 0 Å². The lowest BCUT2D eigenvalue weighted by Gasteiger charge is -2.60. The SMILES string of the molecule is CC#N.CCC.CCCC.CCCC.CCCC1(CCC)CCC(CC)(CCC)C(CCC)(CCC)CC(CCC)(CCC)C1.CCCCC.N=PI. The molecule has 324 valence electrons. The van der Waals surface area contributed by atoms with Gasteiger partial charge in [0.15, 0.2) is 0 Å². The van der Waals surface area contributed by atoms with E-state index in [1.807, 2.05) is 22.0 Å². The first kappa shape index (κ1) is 65.2. The molecule has 0 saturated heterocycles. The normalized spacial score (nSPS) is 17.5. The molecule has 1 rings (SSSR count). The summed E-state index contributed by atoms with van der Waals surface area (Å²) in [6.45, 7) is 38.7. The van der Waals surface area contributed by atoms with Gasteiger partial charge in [-0.2, -0.15) is 5.26 Å². The number of halogens is 1. The fourth-order valence-electron chi connectivity index (χ4n) is 9.51. The van der Waals surface area contributed by atoms with E-state index in [9.17, 15) is 0 Å². The molecule has 0 aromatic rings. The van der Waals surface area contributed by atoms with Crippen LogP contribution in [0.15, 0.2) is 0 Å². The summed E-state index contributed by atoms with van der Waals surface area (Å²) in [5.74, 6) is 0. The number of nitriles is 1. The number of hydrogen-bond donors (Lipinski definition) is 1. The molecule has 0 spiro atoms. The lowest BCUT2D eigenvalue weighted by Crippen LogP contribution is -2.50. The molecule has 1 fully saturated rings. The molecule has 4 heteroatoms. The summed E-state index contributed by atoms with van der Waals surface area (Å²) < 4.78 is 0. The van der Waals surface area contributed by atoms with Gasteiger partial charge in [-0.3, -0.25) is 5.16 Å². The van der Waals surface area contributed by atoms with E-state index in [1.54, 1.807) is 6.07 Å². The van der Waals surface area contributed by atoms with Gasteiger partial charge in [0.1, 0.15) is 0 Å². The van der Waals surface area contributed by atoms with Crippen LogP contribution in [0.5, 0.6) is 0 Å². The van der Waals surface area contributed by atoms with E-state index < -0.39 is 0 Å².